The highest BCUT2D eigenvalue weighted by Crippen LogP contribution is 2.10. The van der Waals surface area contributed by atoms with E-state index in [0.29, 0.717) is 25.6 Å². The Kier molecular flexibility index (Phi) is 5.16. The summed E-state index contributed by atoms with van der Waals surface area (Å²) in [6.07, 6.45) is 5.34. The number of imidazole rings is 1. The van der Waals surface area contributed by atoms with Gasteiger partial charge in [0.25, 0.3) is 0 Å². The molecule has 4 N–H and O–H groups in total. The summed E-state index contributed by atoms with van der Waals surface area (Å²) in [6, 6.07) is 1.99. The first-order valence-electron chi connectivity index (χ1n) is 6.85. The fourth-order valence-electron chi connectivity index (χ4n) is 1.81. The van der Waals surface area contributed by atoms with Crippen LogP contribution in [0.25, 0.3) is 0 Å². The minimum Gasteiger partial charge on any atom is -0.363 e. The maximum Gasteiger partial charge on any atom is 0.242 e. The Morgan fingerprint density at radius 3 is 2.76 bits per heavy atom. The molecule has 0 radical (unpaired) electrons. The highest BCUT2D eigenvalue weighted by molar-refractivity contribution is 7.89. The lowest BCUT2D eigenvalue weighted by molar-refractivity contribution is 0.580. The monoisotopic (exact) mass is 311 g/mol. The molecule has 2 aromatic heterocycles. The van der Waals surface area contributed by atoms with E-state index in [4.69, 9.17) is 0 Å². The zero-order chi connectivity index (χ0) is 15.3. The maximum absolute atomic E-state index is 12.1. The summed E-state index contributed by atoms with van der Waals surface area (Å²) in [4.78, 5) is 10.1. The van der Waals surface area contributed by atoms with Gasteiger partial charge < -0.3 is 15.3 Å². The number of nitrogens with zero attached hydrogens (tertiary/aromatic N) is 1. The minimum atomic E-state index is -3.47. The Bertz CT molecular complexity index is 646. The first-order chi connectivity index (χ1) is 9.97. The van der Waals surface area contributed by atoms with Crippen molar-refractivity contribution in [2.24, 2.45) is 0 Å². The number of aromatic amines is 2. The lowest BCUT2D eigenvalue weighted by Gasteiger charge is -2.05. The predicted octanol–water partition coefficient (Wildman–Crippen LogP) is 0.757. The highest BCUT2D eigenvalue weighted by Gasteiger charge is 2.15. The molecule has 0 bridgehead atoms. The van der Waals surface area contributed by atoms with Crippen LogP contribution in [0.2, 0.25) is 0 Å². The average molecular weight is 311 g/mol. The fraction of sp³-hybridized carbons (Fsp3) is 0.462. The molecule has 2 rings (SSSR count). The van der Waals surface area contributed by atoms with Gasteiger partial charge in [0.2, 0.25) is 10.0 Å². The number of sulfonamides is 1. The molecule has 0 aliphatic rings. The topological polar surface area (TPSA) is 103 Å². The molecule has 0 saturated heterocycles. The van der Waals surface area contributed by atoms with Gasteiger partial charge in [-0.3, -0.25) is 0 Å². The molecule has 116 valence electrons. The second-order valence-electron chi connectivity index (χ2n) is 5.12. The van der Waals surface area contributed by atoms with Crippen molar-refractivity contribution in [1.29, 1.82) is 0 Å². The fourth-order valence-corrected chi connectivity index (χ4v) is 2.86. The average Bonchev–Trinajstić information content (AvgIpc) is 3.07. The van der Waals surface area contributed by atoms with Gasteiger partial charge in [0.15, 0.2) is 0 Å². The van der Waals surface area contributed by atoms with E-state index in [1.807, 2.05) is 13.8 Å². The van der Waals surface area contributed by atoms with Crippen molar-refractivity contribution in [2.45, 2.75) is 37.8 Å². The number of H-pyrrole nitrogens is 2. The molecule has 0 amide bonds. The molecular weight excluding hydrogens is 290 g/mol. The van der Waals surface area contributed by atoms with Crippen LogP contribution < -0.4 is 10.0 Å². The van der Waals surface area contributed by atoms with Crippen molar-refractivity contribution >= 4 is 10.0 Å². The van der Waals surface area contributed by atoms with Gasteiger partial charge >= 0.3 is 0 Å². The van der Waals surface area contributed by atoms with Crippen molar-refractivity contribution in [3.8, 4) is 0 Å². The standard InChI is InChI=1S/C13H21N5O2S/c1-10(2)15-7-12-5-13(8-16-12)21(19,20)18-4-3-11-6-14-9-17-11/h5-6,8-10,15-16,18H,3-4,7H2,1-2H3,(H,14,17). The smallest absolute Gasteiger partial charge is 0.242 e. The third kappa shape index (κ3) is 4.69. The second kappa shape index (κ2) is 6.88. The molecular formula is C13H21N5O2S. The van der Waals surface area contributed by atoms with Crippen LogP contribution in [0.4, 0.5) is 0 Å². The quantitative estimate of drug-likeness (QED) is 0.578. The van der Waals surface area contributed by atoms with Gasteiger partial charge in [0, 0.05) is 49.3 Å². The van der Waals surface area contributed by atoms with Gasteiger partial charge in [-0.05, 0) is 6.07 Å². The van der Waals surface area contributed by atoms with Crippen molar-refractivity contribution in [2.75, 3.05) is 6.54 Å². The van der Waals surface area contributed by atoms with E-state index in [2.05, 4.69) is 25.0 Å². The van der Waals surface area contributed by atoms with Crippen molar-refractivity contribution in [3.63, 3.8) is 0 Å². The lowest BCUT2D eigenvalue weighted by Crippen LogP contribution is -2.25. The highest BCUT2D eigenvalue weighted by atomic mass is 32.2. The van der Waals surface area contributed by atoms with E-state index in [9.17, 15) is 8.42 Å². The van der Waals surface area contributed by atoms with Gasteiger partial charge in [0.05, 0.1) is 11.2 Å². The van der Waals surface area contributed by atoms with E-state index in [-0.39, 0.29) is 4.90 Å². The Labute approximate surface area is 124 Å². The molecule has 0 aliphatic carbocycles. The molecule has 7 nitrogen and oxygen atoms in total. The molecule has 0 atom stereocenters. The number of hydrogen-bond acceptors (Lipinski definition) is 4. The van der Waals surface area contributed by atoms with Crippen molar-refractivity contribution in [1.82, 2.24) is 25.0 Å². The summed E-state index contributed by atoms with van der Waals surface area (Å²) in [7, 11) is -3.47. The van der Waals surface area contributed by atoms with E-state index >= 15 is 0 Å². The SMILES string of the molecule is CC(C)NCc1cc(S(=O)(=O)NCCc2cnc[nH]2)c[nH]1. The van der Waals surface area contributed by atoms with Gasteiger partial charge in [0.1, 0.15) is 0 Å². The molecule has 0 fully saturated rings. The van der Waals surface area contributed by atoms with Gasteiger partial charge in [-0.2, -0.15) is 0 Å². The van der Waals surface area contributed by atoms with Crippen molar-refractivity contribution in [3.05, 3.63) is 36.2 Å². The van der Waals surface area contributed by atoms with Gasteiger partial charge in [-0.1, -0.05) is 13.8 Å². The zero-order valence-corrected chi connectivity index (χ0v) is 13.0. The molecule has 21 heavy (non-hydrogen) atoms. The summed E-state index contributed by atoms with van der Waals surface area (Å²) in [5, 5.41) is 3.23. The number of hydrogen-bond donors (Lipinski definition) is 4. The Balaban J connectivity index is 1.89. The second-order valence-corrected chi connectivity index (χ2v) is 6.89. The summed E-state index contributed by atoms with van der Waals surface area (Å²) in [6.45, 7) is 5.02. The summed E-state index contributed by atoms with van der Waals surface area (Å²) >= 11 is 0. The summed E-state index contributed by atoms with van der Waals surface area (Å²) in [5.74, 6) is 0. The number of aromatic nitrogens is 3. The molecule has 0 aliphatic heterocycles. The van der Waals surface area contributed by atoms with Crippen LogP contribution in [0.1, 0.15) is 25.2 Å². The molecule has 2 heterocycles. The molecule has 2 aromatic rings. The Hall–Kier alpha value is -1.64. The zero-order valence-electron chi connectivity index (χ0n) is 12.2. The first kappa shape index (κ1) is 15.7. The predicted molar refractivity (Wildman–Crippen MR) is 80.2 cm³/mol. The van der Waals surface area contributed by atoms with Crippen LogP contribution in [0, 0.1) is 0 Å². The maximum atomic E-state index is 12.1. The third-order valence-electron chi connectivity index (χ3n) is 2.97. The third-order valence-corrected chi connectivity index (χ3v) is 4.41. The molecule has 0 unspecified atom stereocenters. The van der Waals surface area contributed by atoms with Crippen LogP contribution >= 0.6 is 0 Å². The van der Waals surface area contributed by atoms with E-state index < -0.39 is 10.0 Å². The van der Waals surface area contributed by atoms with Crippen LogP contribution in [-0.2, 0) is 23.0 Å². The van der Waals surface area contributed by atoms with E-state index in [1.54, 1.807) is 18.6 Å². The Morgan fingerprint density at radius 2 is 2.10 bits per heavy atom. The summed E-state index contributed by atoms with van der Waals surface area (Å²) in [5.41, 5.74) is 1.74. The van der Waals surface area contributed by atoms with E-state index in [0.717, 1.165) is 11.4 Å². The molecule has 0 aromatic carbocycles. The van der Waals surface area contributed by atoms with Crippen LogP contribution in [0.5, 0.6) is 0 Å². The molecule has 0 saturated carbocycles. The van der Waals surface area contributed by atoms with Gasteiger partial charge in [-0.25, -0.2) is 18.1 Å². The van der Waals surface area contributed by atoms with Crippen LogP contribution in [0.15, 0.2) is 29.7 Å². The Morgan fingerprint density at radius 1 is 1.29 bits per heavy atom. The largest absolute Gasteiger partial charge is 0.363 e. The lowest BCUT2D eigenvalue weighted by atomic mass is 10.3. The minimum absolute atomic E-state index is 0.257. The number of rotatable bonds is 8. The number of nitrogens with one attached hydrogen (secondary N) is 4. The van der Waals surface area contributed by atoms with E-state index in [1.165, 1.54) is 6.20 Å². The van der Waals surface area contributed by atoms with Gasteiger partial charge in [-0.15, -0.1) is 0 Å². The first-order valence-corrected chi connectivity index (χ1v) is 8.33. The van der Waals surface area contributed by atoms with Crippen LogP contribution in [-0.4, -0.2) is 36.0 Å². The molecule has 0 spiro atoms. The van der Waals surface area contributed by atoms with Crippen LogP contribution in [0.3, 0.4) is 0 Å². The summed E-state index contributed by atoms with van der Waals surface area (Å²) < 4.78 is 26.8. The normalized spacial score (nSPS) is 12.1. The van der Waals surface area contributed by atoms with Crippen molar-refractivity contribution < 1.29 is 8.42 Å². The molecule has 8 heteroatoms.